The van der Waals surface area contributed by atoms with Gasteiger partial charge in [0.15, 0.2) is 0 Å². The molecule has 0 amide bonds. The van der Waals surface area contributed by atoms with Crippen LogP contribution in [0.2, 0.25) is 5.02 Å². The summed E-state index contributed by atoms with van der Waals surface area (Å²) in [5, 5.41) is 0.498. The van der Waals surface area contributed by atoms with Crippen LogP contribution in [0.25, 0.3) is 0 Å². The number of nitrogens with two attached hydrogens (primary N) is 1. The Labute approximate surface area is 102 Å². The largest absolute Gasteiger partial charge is 0.399 e. The second-order valence-electron chi connectivity index (χ2n) is 3.09. The summed E-state index contributed by atoms with van der Waals surface area (Å²) in [5.41, 5.74) is 6.16. The van der Waals surface area contributed by atoms with E-state index >= 15 is 0 Å². The normalized spacial score (nSPS) is 12.7. The Hall–Kier alpha value is -0.190. The van der Waals surface area contributed by atoms with Crippen LogP contribution in [0.3, 0.4) is 0 Å². The second kappa shape index (κ2) is 6.40. The lowest BCUT2D eigenvalue weighted by atomic mass is 10.3. The van der Waals surface area contributed by atoms with Crippen molar-refractivity contribution < 1.29 is 4.21 Å². The number of hydrogen-bond donors (Lipinski definition) is 1. The summed E-state index contributed by atoms with van der Waals surface area (Å²) in [6.07, 6.45) is 2.98. The Kier molecular flexibility index (Phi) is 5.50. The molecule has 1 aromatic rings. The van der Waals surface area contributed by atoms with Gasteiger partial charge in [0.2, 0.25) is 0 Å². The minimum absolute atomic E-state index is 0.498. The SMILES string of the molecule is CSCCCS(=O)c1ccc(N)cc1Cl. The van der Waals surface area contributed by atoms with E-state index in [9.17, 15) is 4.21 Å². The molecule has 0 aromatic heterocycles. The van der Waals surface area contributed by atoms with Gasteiger partial charge in [0.25, 0.3) is 0 Å². The number of benzene rings is 1. The van der Waals surface area contributed by atoms with Crippen molar-refractivity contribution in [3.8, 4) is 0 Å². The fourth-order valence-corrected chi connectivity index (χ4v) is 3.33. The molecule has 0 radical (unpaired) electrons. The van der Waals surface area contributed by atoms with Crippen molar-refractivity contribution in [2.45, 2.75) is 11.3 Å². The molecule has 1 atom stereocenters. The van der Waals surface area contributed by atoms with Gasteiger partial charge in [0, 0.05) is 11.4 Å². The van der Waals surface area contributed by atoms with Gasteiger partial charge in [-0.05, 0) is 36.6 Å². The molecule has 0 aliphatic rings. The number of thioether (sulfide) groups is 1. The number of anilines is 1. The van der Waals surface area contributed by atoms with Gasteiger partial charge in [-0.2, -0.15) is 11.8 Å². The minimum atomic E-state index is -1.01. The van der Waals surface area contributed by atoms with Crippen LogP contribution in [0.5, 0.6) is 0 Å². The van der Waals surface area contributed by atoms with Gasteiger partial charge in [-0.15, -0.1) is 0 Å². The molecule has 1 rings (SSSR count). The van der Waals surface area contributed by atoms with Crippen LogP contribution in [0.1, 0.15) is 6.42 Å². The van der Waals surface area contributed by atoms with Crippen LogP contribution in [0, 0.1) is 0 Å². The molecule has 2 N–H and O–H groups in total. The fraction of sp³-hybridized carbons (Fsp3) is 0.400. The van der Waals surface area contributed by atoms with Crippen LogP contribution in [0.4, 0.5) is 5.69 Å². The van der Waals surface area contributed by atoms with Crippen LogP contribution in [0.15, 0.2) is 23.1 Å². The van der Waals surface area contributed by atoms with E-state index in [1.165, 1.54) is 0 Å². The maximum Gasteiger partial charge on any atom is 0.0587 e. The third-order valence-corrected chi connectivity index (χ3v) is 4.51. The third kappa shape index (κ3) is 4.05. The fourth-order valence-electron chi connectivity index (χ4n) is 1.15. The van der Waals surface area contributed by atoms with E-state index in [1.54, 1.807) is 30.0 Å². The van der Waals surface area contributed by atoms with Gasteiger partial charge in [-0.3, -0.25) is 4.21 Å². The second-order valence-corrected chi connectivity index (χ2v) is 6.02. The molecule has 15 heavy (non-hydrogen) atoms. The first-order chi connectivity index (χ1) is 7.15. The third-order valence-electron chi connectivity index (χ3n) is 1.88. The summed E-state index contributed by atoms with van der Waals surface area (Å²) < 4.78 is 11.8. The highest BCUT2D eigenvalue weighted by Gasteiger charge is 2.08. The molecule has 0 bridgehead atoms. The predicted octanol–water partition coefficient (Wildman–Crippen LogP) is 2.78. The Morgan fingerprint density at radius 1 is 1.53 bits per heavy atom. The van der Waals surface area contributed by atoms with Gasteiger partial charge >= 0.3 is 0 Å². The Bertz CT molecular complexity index is 357. The number of halogens is 1. The molecular weight excluding hydrogens is 250 g/mol. The van der Waals surface area contributed by atoms with Gasteiger partial charge in [-0.25, -0.2) is 0 Å². The average Bonchev–Trinajstić information content (AvgIpc) is 2.17. The molecule has 0 heterocycles. The number of hydrogen-bond acceptors (Lipinski definition) is 3. The van der Waals surface area contributed by atoms with Crippen molar-refractivity contribution in [3.63, 3.8) is 0 Å². The topological polar surface area (TPSA) is 43.1 Å². The molecule has 1 unspecified atom stereocenters. The maximum atomic E-state index is 11.8. The zero-order valence-electron chi connectivity index (χ0n) is 8.53. The summed E-state index contributed by atoms with van der Waals surface area (Å²) in [6, 6.07) is 5.11. The quantitative estimate of drug-likeness (QED) is 0.656. The van der Waals surface area contributed by atoms with Crippen molar-refractivity contribution in [2.24, 2.45) is 0 Å². The van der Waals surface area contributed by atoms with E-state index in [0.717, 1.165) is 12.2 Å². The van der Waals surface area contributed by atoms with Crippen LogP contribution >= 0.6 is 23.4 Å². The highest BCUT2D eigenvalue weighted by molar-refractivity contribution is 7.98. The lowest BCUT2D eigenvalue weighted by molar-refractivity contribution is 0.682. The number of nitrogen functional groups attached to an aromatic ring is 1. The smallest absolute Gasteiger partial charge is 0.0587 e. The molecule has 1 aromatic carbocycles. The molecule has 0 aliphatic carbocycles. The van der Waals surface area contributed by atoms with Crippen molar-refractivity contribution in [1.82, 2.24) is 0 Å². The first-order valence-electron chi connectivity index (χ1n) is 4.57. The molecule has 0 spiro atoms. The molecule has 0 saturated carbocycles. The molecular formula is C10H14ClNOS2. The molecule has 0 aliphatic heterocycles. The molecule has 5 heteroatoms. The Morgan fingerprint density at radius 3 is 2.87 bits per heavy atom. The van der Waals surface area contributed by atoms with E-state index in [-0.39, 0.29) is 0 Å². The number of rotatable bonds is 5. The van der Waals surface area contributed by atoms with Gasteiger partial charge < -0.3 is 5.73 Å². The highest BCUT2D eigenvalue weighted by Crippen LogP contribution is 2.22. The molecule has 2 nitrogen and oxygen atoms in total. The monoisotopic (exact) mass is 263 g/mol. The van der Waals surface area contributed by atoms with E-state index < -0.39 is 10.8 Å². The summed E-state index contributed by atoms with van der Waals surface area (Å²) >= 11 is 7.72. The first kappa shape index (κ1) is 12.9. The van der Waals surface area contributed by atoms with Gasteiger partial charge in [-0.1, -0.05) is 11.6 Å². The Balaban J connectivity index is 2.65. The molecule has 0 saturated heterocycles. The van der Waals surface area contributed by atoms with Crippen LogP contribution < -0.4 is 5.73 Å². The van der Waals surface area contributed by atoms with Crippen molar-refractivity contribution in [3.05, 3.63) is 23.2 Å². The summed E-state index contributed by atoms with van der Waals surface area (Å²) in [6.45, 7) is 0. The van der Waals surface area contributed by atoms with Crippen LogP contribution in [-0.2, 0) is 10.8 Å². The summed E-state index contributed by atoms with van der Waals surface area (Å²) in [5.74, 6) is 1.68. The van der Waals surface area contributed by atoms with E-state index in [4.69, 9.17) is 17.3 Å². The minimum Gasteiger partial charge on any atom is -0.399 e. The van der Waals surface area contributed by atoms with Crippen molar-refractivity contribution >= 4 is 39.8 Å². The maximum absolute atomic E-state index is 11.8. The molecule has 84 valence electrons. The van der Waals surface area contributed by atoms with E-state index in [2.05, 4.69) is 0 Å². The van der Waals surface area contributed by atoms with Crippen molar-refractivity contribution in [1.29, 1.82) is 0 Å². The lowest BCUT2D eigenvalue weighted by Gasteiger charge is -2.04. The lowest BCUT2D eigenvalue weighted by Crippen LogP contribution is -2.00. The summed E-state index contributed by atoms with van der Waals surface area (Å²) in [7, 11) is -1.01. The highest BCUT2D eigenvalue weighted by atomic mass is 35.5. The summed E-state index contributed by atoms with van der Waals surface area (Å²) in [4.78, 5) is 0.687. The first-order valence-corrected chi connectivity index (χ1v) is 7.66. The zero-order valence-corrected chi connectivity index (χ0v) is 10.9. The van der Waals surface area contributed by atoms with Crippen molar-refractivity contribution in [2.75, 3.05) is 23.5 Å². The van der Waals surface area contributed by atoms with E-state index in [0.29, 0.717) is 21.4 Å². The Morgan fingerprint density at radius 2 is 2.27 bits per heavy atom. The standard InChI is InChI=1S/C10H14ClNOS2/c1-14-5-2-6-15(13)10-4-3-8(12)7-9(10)11/h3-4,7H,2,5-6,12H2,1H3. The average molecular weight is 264 g/mol. The zero-order chi connectivity index (χ0) is 11.3. The van der Waals surface area contributed by atoms with Gasteiger partial charge in [0.05, 0.1) is 20.7 Å². The van der Waals surface area contributed by atoms with Crippen LogP contribution in [-0.4, -0.2) is 22.0 Å². The predicted molar refractivity (Wildman–Crippen MR) is 70.1 cm³/mol. The molecule has 0 fully saturated rings. The van der Waals surface area contributed by atoms with Gasteiger partial charge in [0.1, 0.15) is 0 Å². The van der Waals surface area contributed by atoms with E-state index in [1.807, 2.05) is 6.26 Å².